The van der Waals surface area contributed by atoms with Gasteiger partial charge < -0.3 is 10.1 Å². The van der Waals surface area contributed by atoms with E-state index in [1.165, 1.54) is 32.4 Å². The first-order chi connectivity index (χ1) is 10.3. The predicted molar refractivity (Wildman–Crippen MR) is 89.3 cm³/mol. The van der Waals surface area contributed by atoms with Crippen molar-refractivity contribution in [3.05, 3.63) is 29.3 Å². The number of nitrogens with one attached hydrogen (secondary N) is 1. The lowest BCUT2D eigenvalue weighted by Gasteiger charge is -2.34. The van der Waals surface area contributed by atoms with Crippen LogP contribution in [0.3, 0.4) is 0 Å². The molecule has 2 rings (SSSR count). The quantitative estimate of drug-likeness (QED) is 0.743. The summed E-state index contributed by atoms with van der Waals surface area (Å²) >= 11 is 5.87. The Hall–Kier alpha value is -0.770. The van der Waals surface area contributed by atoms with Gasteiger partial charge in [0.15, 0.2) is 0 Å². The van der Waals surface area contributed by atoms with E-state index in [-0.39, 0.29) is 0 Å². The third kappa shape index (κ3) is 5.85. The Kier molecular flexibility index (Phi) is 7.34. The SMILES string of the molecule is CCCN(CCCOc1ccc(Cl)cc1)C1CCCNC1. The fourth-order valence-corrected chi connectivity index (χ4v) is 3.02. The summed E-state index contributed by atoms with van der Waals surface area (Å²) in [5, 5.41) is 4.26. The summed E-state index contributed by atoms with van der Waals surface area (Å²) in [5.41, 5.74) is 0. The molecule has 21 heavy (non-hydrogen) atoms. The van der Waals surface area contributed by atoms with E-state index in [9.17, 15) is 0 Å². The smallest absolute Gasteiger partial charge is 0.119 e. The number of rotatable bonds is 8. The van der Waals surface area contributed by atoms with Gasteiger partial charge in [0.2, 0.25) is 0 Å². The van der Waals surface area contributed by atoms with Crippen LogP contribution in [0.2, 0.25) is 5.02 Å². The molecule has 1 fully saturated rings. The molecule has 1 aliphatic heterocycles. The van der Waals surface area contributed by atoms with Crippen molar-refractivity contribution in [2.24, 2.45) is 0 Å². The van der Waals surface area contributed by atoms with E-state index in [1.807, 2.05) is 24.3 Å². The van der Waals surface area contributed by atoms with Crippen LogP contribution in [0.15, 0.2) is 24.3 Å². The maximum atomic E-state index is 5.87. The van der Waals surface area contributed by atoms with Crippen LogP contribution in [-0.2, 0) is 0 Å². The van der Waals surface area contributed by atoms with Gasteiger partial charge in [0.1, 0.15) is 5.75 Å². The Morgan fingerprint density at radius 1 is 1.29 bits per heavy atom. The van der Waals surface area contributed by atoms with E-state index in [0.717, 1.165) is 36.9 Å². The van der Waals surface area contributed by atoms with Gasteiger partial charge in [-0.05, 0) is 63.0 Å². The first kappa shape index (κ1) is 16.6. The highest BCUT2D eigenvalue weighted by Gasteiger charge is 2.19. The highest BCUT2D eigenvalue weighted by Crippen LogP contribution is 2.16. The van der Waals surface area contributed by atoms with Crippen molar-refractivity contribution >= 4 is 11.6 Å². The number of nitrogens with zero attached hydrogens (tertiary/aromatic N) is 1. The number of benzene rings is 1. The molecule has 1 atom stereocenters. The fraction of sp³-hybridized carbons (Fsp3) is 0.647. The topological polar surface area (TPSA) is 24.5 Å². The van der Waals surface area contributed by atoms with Crippen LogP contribution in [0.1, 0.15) is 32.6 Å². The maximum Gasteiger partial charge on any atom is 0.119 e. The molecule has 0 bridgehead atoms. The molecule has 1 N–H and O–H groups in total. The van der Waals surface area contributed by atoms with Gasteiger partial charge in [0.25, 0.3) is 0 Å². The summed E-state index contributed by atoms with van der Waals surface area (Å²) in [5.74, 6) is 0.903. The molecule has 4 heteroatoms. The summed E-state index contributed by atoms with van der Waals surface area (Å²) in [6, 6.07) is 8.30. The summed E-state index contributed by atoms with van der Waals surface area (Å²) < 4.78 is 5.78. The van der Waals surface area contributed by atoms with Crippen molar-refractivity contribution in [1.29, 1.82) is 0 Å². The average Bonchev–Trinajstić information content (AvgIpc) is 2.53. The number of ether oxygens (including phenoxy) is 1. The van der Waals surface area contributed by atoms with E-state index in [0.29, 0.717) is 6.04 Å². The van der Waals surface area contributed by atoms with E-state index >= 15 is 0 Å². The molecule has 0 saturated carbocycles. The van der Waals surface area contributed by atoms with Gasteiger partial charge >= 0.3 is 0 Å². The van der Waals surface area contributed by atoms with E-state index < -0.39 is 0 Å². The molecule has 1 heterocycles. The third-order valence-electron chi connectivity index (χ3n) is 3.97. The molecule has 0 aliphatic carbocycles. The average molecular weight is 311 g/mol. The third-order valence-corrected chi connectivity index (χ3v) is 4.22. The molecule has 1 unspecified atom stereocenters. The first-order valence-corrected chi connectivity index (χ1v) is 8.50. The normalized spacial score (nSPS) is 18.9. The van der Waals surface area contributed by atoms with Crippen LogP contribution in [0.4, 0.5) is 0 Å². The molecule has 1 saturated heterocycles. The Morgan fingerprint density at radius 3 is 2.76 bits per heavy atom. The zero-order valence-electron chi connectivity index (χ0n) is 13.0. The molecule has 1 aliphatic rings. The number of piperidine rings is 1. The van der Waals surface area contributed by atoms with Gasteiger partial charge in [-0.15, -0.1) is 0 Å². The Labute approximate surface area is 133 Å². The molecule has 0 radical (unpaired) electrons. The molecule has 0 aromatic heterocycles. The molecular formula is C17H27ClN2O. The zero-order valence-corrected chi connectivity index (χ0v) is 13.7. The largest absolute Gasteiger partial charge is 0.494 e. The highest BCUT2D eigenvalue weighted by molar-refractivity contribution is 6.30. The molecule has 3 nitrogen and oxygen atoms in total. The van der Waals surface area contributed by atoms with Gasteiger partial charge in [-0.2, -0.15) is 0 Å². The van der Waals surface area contributed by atoms with E-state index in [1.54, 1.807) is 0 Å². The van der Waals surface area contributed by atoms with Crippen LogP contribution in [-0.4, -0.2) is 43.7 Å². The van der Waals surface area contributed by atoms with Crippen LogP contribution < -0.4 is 10.1 Å². The number of halogens is 1. The second-order valence-corrected chi connectivity index (χ2v) is 6.13. The van der Waals surface area contributed by atoms with Gasteiger partial charge in [-0.25, -0.2) is 0 Å². The first-order valence-electron chi connectivity index (χ1n) is 8.12. The lowest BCUT2D eigenvalue weighted by atomic mass is 10.1. The molecular weight excluding hydrogens is 284 g/mol. The van der Waals surface area contributed by atoms with E-state index in [2.05, 4.69) is 17.1 Å². The summed E-state index contributed by atoms with van der Waals surface area (Å²) in [4.78, 5) is 2.62. The highest BCUT2D eigenvalue weighted by atomic mass is 35.5. The maximum absolute atomic E-state index is 5.87. The van der Waals surface area contributed by atoms with Crippen molar-refractivity contribution in [2.75, 3.05) is 32.8 Å². The molecule has 1 aromatic carbocycles. The van der Waals surface area contributed by atoms with Crippen molar-refractivity contribution in [3.8, 4) is 5.75 Å². The molecule has 0 amide bonds. The van der Waals surface area contributed by atoms with Crippen LogP contribution in [0, 0.1) is 0 Å². The van der Waals surface area contributed by atoms with Crippen LogP contribution in [0.5, 0.6) is 5.75 Å². The minimum absolute atomic E-state index is 0.703. The van der Waals surface area contributed by atoms with Crippen molar-refractivity contribution in [2.45, 2.75) is 38.6 Å². The second-order valence-electron chi connectivity index (χ2n) is 5.69. The van der Waals surface area contributed by atoms with Crippen molar-refractivity contribution in [1.82, 2.24) is 10.2 Å². The van der Waals surface area contributed by atoms with Gasteiger partial charge in [-0.3, -0.25) is 4.90 Å². The van der Waals surface area contributed by atoms with Crippen molar-refractivity contribution < 1.29 is 4.74 Å². The second kappa shape index (κ2) is 9.29. The van der Waals surface area contributed by atoms with Gasteiger partial charge in [0, 0.05) is 24.2 Å². The standard InChI is InChI=1S/C17H27ClN2O/c1-2-11-20(16-5-3-10-19-14-16)12-4-13-21-17-8-6-15(18)7-9-17/h6-9,16,19H,2-5,10-14H2,1H3. The number of hydrogen-bond donors (Lipinski definition) is 1. The van der Waals surface area contributed by atoms with Crippen LogP contribution in [0.25, 0.3) is 0 Å². The predicted octanol–water partition coefficient (Wildman–Crippen LogP) is 3.57. The lowest BCUT2D eigenvalue weighted by molar-refractivity contribution is 0.153. The Balaban J connectivity index is 1.70. The fourth-order valence-electron chi connectivity index (χ4n) is 2.90. The monoisotopic (exact) mass is 310 g/mol. The zero-order chi connectivity index (χ0) is 14.9. The van der Waals surface area contributed by atoms with E-state index in [4.69, 9.17) is 16.3 Å². The Morgan fingerprint density at radius 2 is 2.10 bits per heavy atom. The summed E-state index contributed by atoms with van der Waals surface area (Å²) in [6.45, 7) is 7.64. The van der Waals surface area contributed by atoms with Gasteiger partial charge in [0.05, 0.1) is 6.61 Å². The lowest BCUT2D eigenvalue weighted by Crippen LogP contribution is -2.46. The number of hydrogen-bond acceptors (Lipinski definition) is 3. The van der Waals surface area contributed by atoms with Crippen LogP contribution >= 0.6 is 11.6 Å². The summed E-state index contributed by atoms with van der Waals surface area (Å²) in [6.07, 6.45) is 4.91. The molecule has 0 spiro atoms. The minimum Gasteiger partial charge on any atom is -0.494 e. The van der Waals surface area contributed by atoms with Crippen molar-refractivity contribution in [3.63, 3.8) is 0 Å². The molecule has 118 valence electrons. The van der Waals surface area contributed by atoms with Gasteiger partial charge in [-0.1, -0.05) is 18.5 Å². The summed E-state index contributed by atoms with van der Waals surface area (Å²) in [7, 11) is 0. The Bertz CT molecular complexity index is 390. The minimum atomic E-state index is 0.703. The molecule has 1 aromatic rings.